The zero-order chi connectivity index (χ0) is 26.2. The van der Waals surface area contributed by atoms with Crippen LogP contribution in [0.2, 0.25) is 0 Å². The van der Waals surface area contributed by atoms with Crippen LogP contribution in [0.4, 0.5) is 13.2 Å². The summed E-state index contributed by atoms with van der Waals surface area (Å²) >= 11 is 0. The fraction of sp³-hybridized carbons (Fsp3) is 0.519. The Morgan fingerprint density at radius 2 is 1.65 bits per heavy atom. The van der Waals surface area contributed by atoms with E-state index in [1.165, 1.54) is 5.52 Å². The standard InChI is InChI=1S/C27H33F3N4O2S/c1-19-32-25-9-5-6-10-26(25)34(19)24-15-22-11-12-23(16-24)33(22)14-13-21(20-7-3-2-4-8-20)17-31-37(35,36)18-27(28,29)30/h2-10,21-24,31H,11-18H2,1H3. The second kappa shape index (κ2) is 10.4. The third kappa shape index (κ3) is 6.02. The molecule has 2 aliphatic heterocycles. The van der Waals surface area contributed by atoms with Crippen molar-refractivity contribution >= 4 is 21.1 Å². The van der Waals surface area contributed by atoms with Crippen molar-refractivity contribution in [3.63, 3.8) is 0 Å². The minimum absolute atomic E-state index is 0.0472. The van der Waals surface area contributed by atoms with Crippen molar-refractivity contribution in [1.29, 1.82) is 0 Å². The van der Waals surface area contributed by atoms with Crippen molar-refractivity contribution in [2.75, 3.05) is 18.8 Å². The number of rotatable bonds is 9. The number of nitrogens with one attached hydrogen (secondary N) is 1. The van der Waals surface area contributed by atoms with Gasteiger partial charge < -0.3 is 4.57 Å². The maximum atomic E-state index is 12.7. The van der Waals surface area contributed by atoms with E-state index in [9.17, 15) is 21.6 Å². The van der Waals surface area contributed by atoms with Crippen LogP contribution in [0.25, 0.3) is 11.0 Å². The molecule has 37 heavy (non-hydrogen) atoms. The Morgan fingerprint density at radius 1 is 1.00 bits per heavy atom. The Kier molecular flexibility index (Phi) is 7.35. The summed E-state index contributed by atoms with van der Waals surface area (Å²) in [6.45, 7) is 2.80. The SMILES string of the molecule is Cc1nc2ccccc2n1C1CC2CCC(C1)N2CCC(CNS(=O)(=O)CC(F)(F)F)c1ccccc1. The molecule has 2 fully saturated rings. The first-order valence-corrected chi connectivity index (χ1v) is 14.5. The zero-order valence-electron chi connectivity index (χ0n) is 20.9. The first kappa shape index (κ1) is 26.2. The van der Waals surface area contributed by atoms with Gasteiger partial charge in [-0.15, -0.1) is 0 Å². The maximum absolute atomic E-state index is 12.7. The van der Waals surface area contributed by atoms with E-state index in [0.29, 0.717) is 24.5 Å². The molecule has 5 rings (SSSR count). The summed E-state index contributed by atoms with van der Waals surface area (Å²) in [6, 6.07) is 19.0. The number of aryl methyl sites for hydroxylation is 1. The van der Waals surface area contributed by atoms with E-state index in [-0.39, 0.29) is 12.5 Å². The smallest absolute Gasteiger partial charge is 0.325 e. The van der Waals surface area contributed by atoms with E-state index in [4.69, 9.17) is 4.98 Å². The molecule has 2 saturated heterocycles. The second-order valence-electron chi connectivity index (χ2n) is 10.4. The van der Waals surface area contributed by atoms with Gasteiger partial charge in [0.15, 0.2) is 5.75 Å². The molecule has 0 saturated carbocycles. The van der Waals surface area contributed by atoms with Crippen molar-refractivity contribution in [2.24, 2.45) is 0 Å². The first-order valence-electron chi connectivity index (χ1n) is 12.9. The number of nitrogens with zero attached hydrogens (tertiary/aromatic N) is 3. The van der Waals surface area contributed by atoms with Gasteiger partial charge in [-0.1, -0.05) is 42.5 Å². The van der Waals surface area contributed by atoms with Gasteiger partial charge in [0.2, 0.25) is 10.0 Å². The summed E-state index contributed by atoms with van der Waals surface area (Å²) in [6.07, 6.45) is 0.222. The lowest BCUT2D eigenvalue weighted by atomic mass is 9.93. The Labute approximate surface area is 215 Å². The number of para-hydroxylation sites is 2. The Hall–Kier alpha value is -2.43. The summed E-state index contributed by atoms with van der Waals surface area (Å²) < 4.78 is 66.7. The molecule has 2 bridgehead atoms. The number of alkyl halides is 3. The molecule has 200 valence electrons. The van der Waals surface area contributed by atoms with E-state index in [0.717, 1.165) is 49.1 Å². The van der Waals surface area contributed by atoms with Crippen molar-refractivity contribution in [2.45, 2.75) is 69.2 Å². The van der Waals surface area contributed by atoms with E-state index in [1.54, 1.807) is 0 Å². The van der Waals surface area contributed by atoms with Gasteiger partial charge in [0.25, 0.3) is 0 Å². The molecule has 0 aliphatic carbocycles. The van der Waals surface area contributed by atoms with Crippen LogP contribution in [0, 0.1) is 6.92 Å². The summed E-state index contributed by atoms with van der Waals surface area (Å²) in [5.74, 6) is -1.03. The van der Waals surface area contributed by atoms with Crippen molar-refractivity contribution in [1.82, 2.24) is 19.2 Å². The summed E-state index contributed by atoms with van der Waals surface area (Å²) in [5.41, 5.74) is 3.13. The third-order valence-corrected chi connectivity index (χ3v) is 9.22. The van der Waals surface area contributed by atoms with Crippen molar-refractivity contribution in [3.8, 4) is 0 Å². The van der Waals surface area contributed by atoms with Gasteiger partial charge in [0.1, 0.15) is 5.82 Å². The predicted octanol–water partition coefficient (Wildman–Crippen LogP) is 5.17. The highest BCUT2D eigenvalue weighted by molar-refractivity contribution is 7.89. The molecule has 0 spiro atoms. The molecule has 3 heterocycles. The number of hydrogen-bond acceptors (Lipinski definition) is 4. The average molecular weight is 535 g/mol. The maximum Gasteiger partial charge on any atom is 0.404 e. The highest BCUT2D eigenvalue weighted by Gasteiger charge is 2.42. The number of imidazole rings is 1. The van der Waals surface area contributed by atoms with Crippen LogP contribution in [0.1, 0.15) is 55.5 Å². The van der Waals surface area contributed by atoms with Crippen LogP contribution in [-0.4, -0.2) is 60.0 Å². The molecule has 3 atom stereocenters. The minimum atomic E-state index is -4.77. The molecule has 10 heteroatoms. The van der Waals surface area contributed by atoms with Crippen LogP contribution < -0.4 is 4.72 Å². The van der Waals surface area contributed by atoms with E-state index in [1.807, 2.05) is 36.4 Å². The molecule has 2 aliphatic rings. The van der Waals surface area contributed by atoms with E-state index >= 15 is 0 Å². The predicted molar refractivity (Wildman–Crippen MR) is 138 cm³/mol. The zero-order valence-corrected chi connectivity index (χ0v) is 21.7. The summed E-state index contributed by atoms with van der Waals surface area (Å²) in [5, 5.41) is 0. The largest absolute Gasteiger partial charge is 0.404 e. The fourth-order valence-electron chi connectivity index (χ4n) is 6.36. The molecule has 1 aromatic heterocycles. The second-order valence-corrected chi connectivity index (χ2v) is 12.2. The number of benzene rings is 2. The normalized spacial score (nSPS) is 23.5. The monoisotopic (exact) mass is 534 g/mol. The molecule has 1 N–H and O–H groups in total. The number of hydrogen-bond donors (Lipinski definition) is 1. The molecular formula is C27H33F3N4O2S. The van der Waals surface area contributed by atoms with Gasteiger partial charge >= 0.3 is 6.18 Å². The Balaban J connectivity index is 1.26. The van der Waals surface area contributed by atoms with Crippen LogP contribution in [-0.2, 0) is 10.0 Å². The van der Waals surface area contributed by atoms with Crippen molar-refractivity contribution < 1.29 is 21.6 Å². The lowest BCUT2D eigenvalue weighted by Crippen LogP contribution is -2.44. The lowest BCUT2D eigenvalue weighted by Gasteiger charge is -2.40. The van der Waals surface area contributed by atoms with Crippen molar-refractivity contribution in [3.05, 3.63) is 66.0 Å². The molecule has 0 amide bonds. The summed E-state index contributed by atoms with van der Waals surface area (Å²) in [4.78, 5) is 7.30. The van der Waals surface area contributed by atoms with Gasteiger partial charge in [-0.25, -0.2) is 18.1 Å². The molecule has 2 aromatic carbocycles. The van der Waals surface area contributed by atoms with E-state index in [2.05, 4.69) is 39.3 Å². The molecule has 3 aromatic rings. The van der Waals surface area contributed by atoms with Gasteiger partial charge in [-0.05, 0) is 69.2 Å². The van der Waals surface area contributed by atoms with Gasteiger partial charge in [0.05, 0.1) is 11.0 Å². The first-order chi connectivity index (χ1) is 17.6. The number of halogens is 3. The number of fused-ring (bicyclic) bond motifs is 3. The summed E-state index contributed by atoms with van der Waals surface area (Å²) in [7, 11) is -4.45. The van der Waals surface area contributed by atoms with Crippen LogP contribution in [0.5, 0.6) is 0 Å². The lowest BCUT2D eigenvalue weighted by molar-refractivity contribution is -0.106. The van der Waals surface area contributed by atoms with Gasteiger partial charge in [-0.3, -0.25) is 4.90 Å². The average Bonchev–Trinajstić information content (AvgIpc) is 3.29. The molecule has 6 nitrogen and oxygen atoms in total. The molecule has 0 radical (unpaired) electrons. The van der Waals surface area contributed by atoms with Crippen LogP contribution in [0.15, 0.2) is 54.6 Å². The number of sulfonamides is 1. The fourth-order valence-corrected chi connectivity index (χ4v) is 7.35. The highest BCUT2D eigenvalue weighted by atomic mass is 32.2. The molecular weight excluding hydrogens is 501 g/mol. The Morgan fingerprint density at radius 3 is 2.32 bits per heavy atom. The van der Waals surface area contributed by atoms with Gasteiger partial charge in [-0.2, -0.15) is 13.2 Å². The Bertz CT molecular complexity index is 1310. The van der Waals surface area contributed by atoms with Crippen LogP contribution >= 0.6 is 0 Å². The number of piperidine rings is 1. The topological polar surface area (TPSA) is 67.2 Å². The third-order valence-electron chi connectivity index (χ3n) is 7.91. The van der Waals surface area contributed by atoms with E-state index < -0.39 is 22.0 Å². The quantitative estimate of drug-likeness (QED) is 0.412. The van der Waals surface area contributed by atoms with Gasteiger partial charge in [0, 0.05) is 24.7 Å². The number of aromatic nitrogens is 2. The molecule has 3 unspecified atom stereocenters. The van der Waals surface area contributed by atoms with Crippen LogP contribution in [0.3, 0.4) is 0 Å². The minimum Gasteiger partial charge on any atom is -0.325 e. The highest BCUT2D eigenvalue weighted by Crippen LogP contribution is 2.42.